The first kappa shape index (κ1) is 34.1. The molecule has 0 N–H and O–H groups in total. The molecule has 1 saturated carbocycles. The molecule has 4 rings (SSSR count). The average Bonchev–Trinajstić information content (AvgIpc) is 2.84. The van der Waals surface area contributed by atoms with Crippen molar-refractivity contribution in [2.24, 2.45) is 10.9 Å². The molecular formula is C34H44F3HgN2. The van der Waals surface area contributed by atoms with E-state index in [0.29, 0.717) is 32.0 Å². The molecule has 0 saturated heterocycles. The van der Waals surface area contributed by atoms with Crippen LogP contribution >= 0.6 is 0 Å². The van der Waals surface area contributed by atoms with Crippen molar-refractivity contribution < 1.29 is 39.3 Å². The number of halogens is 3. The molecule has 0 amide bonds. The maximum absolute atomic E-state index is 13.4. The number of hydrogen-bond donors (Lipinski definition) is 0. The summed E-state index contributed by atoms with van der Waals surface area (Å²) in [4.78, 5) is 7.42. The van der Waals surface area contributed by atoms with Gasteiger partial charge in [0.25, 0.3) is 5.92 Å². The molecule has 0 bridgehead atoms. The first-order valence-electron chi connectivity index (χ1n) is 14.2. The molecule has 40 heavy (non-hydrogen) atoms. The van der Waals surface area contributed by atoms with Crippen LogP contribution in [-0.4, -0.2) is 8.24 Å². The van der Waals surface area contributed by atoms with Gasteiger partial charge in [-0.2, -0.15) is 0 Å². The summed E-state index contributed by atoms with van der Waals surface area (Å²) in [6.07, 6.45) is 6.86. The van der Waals surface area contributed by atoms with Crippen LogP contribution < -0.4 is 0 Å². The van der Waals surface area contributed by atoms with Gasteiger partial charge in [0.15, 0.2) is 0 Å². The molecule has 0 spiro atoms. The van der Waals surface area contributed by atoms with Crippen molar-refractivity contribution in [1.29, 1.82) is 0 Å². The summed E-state index contributed by atoms with van der Waals surface area (Å²) in [6.45, 7) is 19.2. The molecule has 6 heteroatoms. The molecule has 2 nitrogen and oxygen atoms in total. The van der Waals surface area contributed by atoms with E-state index in [9.17, 15) is 13.2 Å². The van der Waals surface area contributed by atoms with Crippen molar-refractivity contribution >= 4 is 3.34 Å². The van der Waals surface area contributed by atoms with Crippen LogP contribution in [0.5, 0.6) is 0 Å². The molecule has 0 aromatic heterocycles. The summed E-state index contributed by atoms with van der Waals surface area (Å²) in [5.41, 5.74) is 7.12. The van der Waals surface area contributed by atoms with Gasteiger partial charge < -0.3 is 0 Å². The maximum Gasteiger partial charge on any atom is 0.270 e. The molecule has 1 aliphatic heterocycles. The summed E-state index contributed by atoms with van der Waals surface area (Å²) in [6, 6.07) is 13.6. The number of rotatable bonds is 7. The molecular weight excluding hydrogens is 694 g/mol. The van der Waals surface area contributed by atoms with E-state index in [1.165, 1.54) is 57.1 Å². The molecule has 1 atom stereocenters. The van der Waals surface area contributed by atoms with Crippen LogP contribution in [0.3, 0.4) is 0 Å². The number of alkyl halides is 2. The summed E-state index contributed by atoms with van der Waals surface area (Å²) >= 11 is 0.409. The van der Waals surface area contributed by atoms with Crippen LogP contribution in [0.4, 0.5) is 13.2 Å². The first-order chi connectivity index (χ1) is 18.8. The van der Waals surface area contributed by atoms with Crippen LogP contribution in [0.25, 0.3) is 0 Å². The maximum atomic E-state index is 13.4. The second-order valence-corrected chi connectivity index (χ2v) is 13.5. The Labute approximate surface area is 256 Å². The number of allylic oxidation sites excluding steroid dienone is 3. The van der Waals surface area contributed by atoms with Crippen molar-refractivity contribution in [2.45, 2.75) is 92.0 Å². The van der Waals surface area contributed by atoms with Crippen molar-refractivity contribution in [3.8, 4) is 0 Å². The number of benzene rings is 2. The minimum absolute atomic E-state index is 0.0723. The summed E-state index contributed by atoms with van der Waals surface area (Å²) < 4.78 is 39.8. The smallest absolute Gasteiger partial charge is 0.202 e. The summed E-state index contributed by atoms with van der Waals surface area (Å²) in [5.74, 6) is -2.27. The van der Waals surface area contributed by atoms with Gasteiger partial charge in [0, 0.05) is 12.5 Å². The van der Waals surface area contributed by atoms with Crippen molar-refractivity contribution in [3.05, 3.63) is 107 Å². The average molecular weight is 738 g/mol. The van der Waals surface area contributed by atoms with Crippen molar-refractivity contribution in [3.63, 3.8) is 0 Å². The van der Waals surface area contributed by atoms with Gasteiger partial charge in [-0.05, 0) is 20.8 Å². The Bertz CT molecular complexity index is 1180. The molecule has 2 aliphatic rings. The Hall–Kier alpha value is -2.14. The SMILES string of the molecule is C=C(C)C.C=C1C(CCC)=C(CC)N=[C]([Hg])N1C(c1ccc(F)cc1)C1CCC1.Cc1ccc(C(C)(F)F)cc1. The monoisotopic (exact) mass is 739 g/mol. The molecule has 0 radical (unpaired) electrons. The molecule has 2 aromatic rings. The zero-order chi connectivity index (χ0) is 30.0. The van der Waals surface area contributed by atoms with Crippen LogP contribution in [-0.2, 0) is 32.0 Å². The Morgan fingerprint density at radius 1 is 1.07 bits per heavy atom. The van der Waals surface area contributed by atoms with Gasteiger partial charge in [0.05, 0.1) is 0 Å². The van der Waals surface area contributed by atoms with Gasteiger partial charge in [0.2, 0.25) is 0 Å². The third-order valence-electron chi connectivity index (χ3n) is 7.01. The zero-order valence-corrected chi connectivity index (χ0v) is 30.7. The Morgan fingerprint density at radius 3 is 2.05 bits per heavy atom. The van der Waals surface area contributed by atoms with Crippen LogP contribution in [0, 0.1) is 18.7 Å². The number of amidine groups is 1. The van der Waals surface area contributed by atoms with Gasteiger partial charge in [0.1, 0.15) is 0 Å². The fourth-order valence-electron chi connectivity index (χ4n) is 4.80. The van der Waals surface area contributed by atoms with Gasteiger partial charge >= 0.3 is 167 Å². The van der Waals surface area contributed by atoms with E-state index < -0.39 is 5.92 Å². The predicted octanol–water partition coefficient (Wildman–Crippen LogP) is 10.6. The second-order valence-electron chi connectivity index (χ2n) is 11.0. The van der Waals surface area contributed by atoms with E-state index in [4.69, 9.17) is 4.99 Å². The number of aryl methyl sites for hydroxylation is 1. The number of aliphatic imine (C=N–C) groups is 1. The zero-order valence-electron chi connectivity index (χ0n) is 25.2. The van der Waals surface area contributed by atoms with Crippen LogP contribution in [0.1, 0.15) is 95.9 Å². The molecule has 213 valence electrons. The topological polar surface area (TPSA) is 15.6 Å². The fourth-order valence-corrected chi connectivity index (χ4v) is 7.05. The standard InChI is InChI=1S/C21H26FN2.C9H10F2.C4H8.Hg/c1-4-7-19-15(3)24(14-23-20(19)5-2)21(16-8-6-9-16)17-10-12-18(22)13-11-17;1-7-3-5-8(6-4-7)9(2,10)11;1-4(2)3;/h10-13,16,21H,3-9H2,1-2H3;3-6H,1-2H3;1H2,2-3H3;. The third-order valence-corrected chi connectivity index (χ3v) is 8.95. The quantitative estimate of drug-likeness (QED) is 0.204. The predicted molar refractivity (Wildman–Crippen MR) is 158 cm³/mol. The summed E-state index contributed by atoms with van der Waals surface area (Å²) in [5, 5.41) is 0. The van der Waals surface area contributed by atoms with E-state index in [2.05, 4.69) is 31.9 Å². The fraction of sp³-hybridized carbons (Fsp3) is 0.441. The molecule has 1 unspecified atom stereocenters. The Morgan fingerprint density at radius 2 is 1.62 bits per heavy atom. The number of nitrogens with zero attached hydrogens (tertiary/aromatic N) is 2. The largest absolute Gasteiger partial charge is 0.270 e. The Balaban J connectivity index is 0.000000309. The van der Waals surface area contributed by atoms with E-state index in [-0.39, 0.29) is 17.4 Å². The number of hydrogen-bond acceptors (Lipinski definition) is 2. The molecule has 1 heterocycles. The van der Waals surface area contributed by atoms with E-state index >= 15 is 0 Å². The minimum Gasteiger partial charge on any atom is -0.202 e. The van der Waals surface area contributed by atoms with Crippen molar-refractivity contribution in [1.82, 2.24) is 4.90 Å². The third kappa shape index (κ3) is 9.75. The summed E-state index contributed by atoms with van der Waals surface area (Å²) in [7, 11) is 0. The molecule has 1 aliphatic carbocycles. The van der Waals surface area contributed by atoms with E-state index in [0.717, 1.165) is 37.4 Å². The first-order valence-corrected chi connectivity index (χ1v) is 17.0. The Kier molecular flexibility index (Phi) is 13.4. The van der Waals surface area contributed by atoms with Gasteiger partial charge in [-0.3, -0.25) is 0 Å². The normalized spacial score (nSPS) is 16.2. The molecule has 1 fully saturated rings. The second kappa shape index (κ2) is 15.7. The van der Waals surface area contributed by atoms with Crippen LogP contribution in [0.2, 0.25) is 0 Å². The van der Waals surface area contributed by atoms with Gasteiger partial charge in [-0.15, -0.1) is 6.58 Å². The van der Waals surface area contributed by atoms with Gasteiger partial charge in [-0.25, -0.2) is 8.78 Å². The minimum atomic E-state index is -2.71. The molecule has 2 aromatic carbocycles. The van der Waals surface area contributed by atoms with Gasteiger partial charge in [-0.1, -0.05) is 35.4 Å². The van der Waals surface area contributed by atoms with E-state index in [1.54, 1.807) is 24.3 Å². The van der Waals surface area contributed by atoms with Crippen LogP contribution in [0.15, 0.2) is 89.2 Å². The van der Waals surface area contributed by atoms with Crippen molar-refractivity contribution in [2.75, 3.05) is 0 Å². The van der Waals surface area contributed by atoms with E-state index in [1.807, 2.05) is 32.9 Å².